The predicted molar refractivity (Wildman–Crippen MR) is 318 cm³/mol. The Labute approximate surface area is 506 Å². The summed E-state index contributed by atoms with van der Waals surface area (Å²) in [5, 5.41) is 39.5. The molecule has 1 aliphatic rings. The topological polar surface area (TPSA) is 358 Å². The number of cyclic esters (lactones) is 2. The van der Waals surface area contributed by atoms with E-state index in [4.69, 9.17) is 41.4 Å². The molecule has 0 radical (unpaired) electrons. The van der Waals surface area contributed by atoms with Gasteiger partial charge in [-0.05, 0) is 110 Å². The molecule has 0 saturated heterocycles. The number of hydrogen-bond donors (Lipinski definition) is 10. The van der Waals surface area contributed by atoms with E-state index in [1.54, 1.807) is 101 Å². The van der Waals surface area contributed by atoms with E-state index in [0.29, 0.717) is 38.7 Å². The van der Waals surface area contributed by atoms with Crippen LogP contribution in [0.2, 0.25) is 5.02 Å². The van der Waals surface area contributed by atoms with Crippen LogP contribution < -0.4 is 47.7 Å². The van der Waals surface area contributed by atoms with E-state index >= 15 is 0 Å². The molecular weight excluding hydrogens is 1140 g/mol. The van der Waals surface area contributed by atoms with Crippen molar-refractivity contribution < 1.29 is 77.1 Å². The molecule has 470 valence electrons. The molecule has 86 heavy (non-hydrogen) atoms. The second-order valence-electron chi connectivity index (χ2n) is 22.6. The van der Waals surface area contributed by atoms with Gasteiger partial charge in [0.2, 0.25) is 29.5 Å². The van der Waals surface area contributed by atoms with Crippen LogP contribution in [0.4, 0.5) is 15.3 Å². The van der Waals surface area contributed by atoms with Crippen LogP contribution >= 0.6 is 11.6 Å². The normalized spacial score (nSPS) is 18.3. The van der Waals surface area contributed by atoms with Crippen molar-refractivity contribution in [2.75, 3.05) is 25.5 Å². The van der Waals surface area contributed by atoms with Crippen LogP contribution in [-0.4, -0.2) is 126 Å². The second-order valence-corrected chi connectivity index (χ2v) is 23.0. The number of hydrogen-bond acceptors (Lipinski definition) is 15. The van der Waals surface area contributed by atoms with Crippen molar-refractivity contribution in [3.05, 3.63) is 106 Å². The number of aliphatic hydroxyl groups is 1. The van der Waals surface area contributed by atoms with E-state index in [9.17, 15) is 53.1 Å². The number of aliphatic carboxylic acids is 1. The van der Waals surface area contributed by atoms with Crippen LogP contribution in [0.25, 0.3) is 0 Å². The first-order valence-corrected chi connectivity index (χ1v) is 28.9. The fourth-order valence-corrected chi connectivity index (χ4v) is 9.08. The lowest BCUT2D eigenvalue weighted by Crippen LogP contribution is -2.54. The zero-order valence-electron chi connectivity index (χ0n) is 50.0. The Bertz CT molecular complexity index is 2850. The number of carbonyl (C=O) groups excluding carboxylic acids is 9. The number of carboxylic acid groups (broad SMARTS) is 1. The number of carboxylic acids is 1. The van der Waals surface area contributed by atoms with Gasteiger partial charge in [0.25, 0.3) is 0 Å². The van der Waals surface area contributed by atoms with Crippen LogP contribution in [0.3, 0.4) is 0 Å². The molecule has 0 fully saturated rings. The Morgan fingerprint density at radius 2 is 1.50 bits per heavy atom. The van der Waals surface area contributed by atoms with Gasteiger partial charge >= 0.3 is 30.0 Å². The van der Waals surface area contributed by atoms with Gasteiger partial charge in [0.15, 0.2) is 6.10 Å². The van der Waals surface area contributed by atoms with Crippen molar-refractivity contribution in [2.24, 2.45) is 28.9 Å². The lowest BCUT2D eigenvalue weighted by atomic mass is 9.90. The maximum absolute atomic E-state index is 13.9. The van der Waals surface area contributed by atoms with Gasteiger partial charge < -0.3 is 72.1 Å². The molecule has 1 aliphatic heterocycles. The summed E-state index contributed by atoms with van der Waals surface area (Å²) in [6.45, 7) is 11.8. The lowest BCUT2D eigenvalue weighted by Gasteiger charge is -2.31. The molecule has 24 nitrogen and oxygen atoms in total. The fraction of sp³-hybridized carbons (Fsp3) is 0.508. The molecule has 4 rings (SSSR count). The Hall–Kier alpha value is -8.25. The first kappa shape index (κ1) is 70.2. The molecule has 0 spiro atoms. The van der Waals surface area contributed by atoms with Gasteiger partial charge in [-0.2, -0.15) is 0 Å². The standard InChI is InChI=1S/C61H83ClN8O16/c1-35(2)28-49-57(79)85-47(13-9-14-50(72)68-45(30-41-23-26-48(83-8)43(62)29-41)54(76)66-34-61(6,7)58(80)86-49)37(5)46(71)31-38-17-19-39(20-18-38)32-65-60(82)84-33-40-21-24-42(25-22-40)67-55(77)44(12-11-27-64-59(63)81)69-56(78)53(36(3)4)70-51(73)15-10-16-52(74)75/h9,14,17-26,29,35-37,44-47,49,53,71H,10-13,15-16,27-28,30-34H2,1-8H3,(H,65,82)(H,66,76)(H,67,77)(H,68,72)(H,69,78)(H,70,73)(H,74,75)(H3,63,64,81)/b14-9+/t37-,44+,45-,46-,47+,49+,53?/m1/s1. The molecule has 1 heterocycles. The van der Waals surface area contributed by atoms with Crippen molar-refractivity contribution in [3.63, 3.8) is 0 Å². The number of urea groups is 1. The summed E-state index contributed by atoms with van der Waals surface area (Å²) in [6, 6.07) is 14.5. The van der Waals surface area contributed by atoms with E-state index < -0.39 is 107 Å². The van der Waals surface area contributed by atoms with Gasteiger partial charge in [-0.25, -0.2) is 14.4 Å². The average molecular weight is 1220 g/mol. The summed E-state index contributed by atoms with van der Waals surface area (Å²) in [7, 11) is 1.47. The number of aliphatic hydroxyl groups excluding tert-OH is 1. The van der Waals surface area contributed by atoms with E-state index in [1.807, 2.05) is 13.8 Å². The van der Waals surface area contributed by atoms with Crippen LogP contribution in [0, 0.1) is 23.2 Å². The zero-order chi connectivity index (χ0) is 63.7. The Kier molecular flexibility index (Phi) is 28.3. The lowest BCUT2D eigenvalue weighted by molar-refractivity contribution is -0.180. The third-order valence-electron chi connectivity index (χ3n) is 14.0. The van der Waals surface area contributed by atoms with Crippen molar-refractivity contribution in [1.29, 1.82) is 0 Å². The van der Waals surface area contributed by atoms with E-state index in [1.165, 1.54) is 19.3 Å². The summed E-state index contributed by atoms with van der Waals surface area (Å²) in [5.74, 6) is -6.35. The molecule has 11 N–H and O–H groups in total. The Balaban J connectivity index is 1.36. The quantitative estimate of drug-likeness (QED) is 0.0264. The van der Waals surface area contributed by atoms with Crippen molar-refractivity contribution in [1.82, 2.24) is 31.9 Å². The maximum atomic E-state index is 13.9. The number of nitrogens with two attached hydrogens (primary N) is 1. The van der Waals surface area contributed by atoms with Gasteiger partial charge in [-0.3, -0.25) is 33.6 Å². The summed E-state index contributed by atoms with van der Waals surface area (Å²) in [4.78, 5) is 129. The van der Waals surface area contributed by atoms with E-state index in [-0.39, 0.29) is 95.9 Å². The van der Waals surface area contributed by atoms with Crippen LogP contribution in [0.15, 0.2) is 78.9 Å². The number of carbonyl (C=O) groups is 10. The van der Waals surface area contributed by atoms with Crippen molar-refractivity contribution in [3.8, 4) is 5.75 Å². The minimum atomic E-state index is -1.31. The first-order valence-electron chi connectivity index (χ1n) is 28.5. The molecule has 0 aliphatic carbocycles. The molecule has 3 aromatic carbocycles. The summed E-state index contributed by atoms with van der Waals surface area (Å²) >= 11 is 6.37. The Morgan fingerprint density at radius 3 is 2.13 bits per heavy atom. The van der Waals surface area contributed by atoms with Crippen molar-refractivity contribution in [2.45, 2.75) is 156 Å². The monoisotopic (exact) mass is 1220 g/mol. The number of amides is 8. The number of nitrogens with one attached hydrogen (secondary N) is 7. The number of methoxy groups -OCH3 is 1. The largest absolute Gasteiger partial charge is 0.495 e. The van der Waals surface area contributed by atoms with E-state index in [2.05, 4.69) is 37.2 Å². The molecule has 7 atom stereocenters. The molecule has 1 unspecified atom stereocenters. The molecule has 0 saturated carbocycles. The third kappa shape index (κ3) is 24.4. The number of esters is 2. The highest BCUT2D eigenvalue weighted by Gasteiger charge is 2.38. The van der Waals surface area contributed by atoms with Crippen LogP contribution in [0.1, 0.15) is 116 Å². The highest BCUT2D eigenvalue weighted by Crippen LogP contribution is 2.27. The minimum Gasteiger partial charge on any atom is -0.495 e. The number of primary amides is 1. The maximum Gasteiger partial charge on any atom is 0.407 e. The third-order valence-corrected chi connectivity index (χ3v) is 14.3. The fourth-order valence-electron chi connectivity index (χ4n) is 8.80. The van der Waals surface area contributed by atoms with Gasteiger partial charge in [-0.15, -0.1) is 0 Å². The smallest absolute Gasteiger partial charge is 0.407 e. The summed E-state index contributed by atoms with van der Waals surface area (Å²) < 4.78 is 22.5. The van der Waals surface area contributed by atoms with Gasteiger partial charge in [0.05, 0.1) is 23.7 Å². The van der Waals surface area contributed by atoms with E-state index in [0.717, 1.165) is 0 Å². The molecule has 25 heteroatoms. The minimum absolute atomic E-state index is 0.0310. The van der Waals surface area contributed by atoms with Gasteiger partial charge in [-0.1, -0.05) is 94.8 Å². The number of halogens is 1. The highest BCUT2D eigenvalue weighted by molar-refractivity contribution is 6.32. The second kappa shape index (κ2) is 34.6. The van der Waals surface area contributed by atoms with Gasteiger partial charge in [0, 0.05) is 56.9 Å². The summed E-state index contributed by atoms with van der Waals surface area (Å²) in [5.41, 5.74) is 6.85. The molecule has 8 amide bonds. The number of rotatable bonds is 27. The van der Waals surface area contributed by atoms with Crippen LogP contribution in [0.5, 0.6) is 5.75 Å². The highest BCUT2D eigenvalue weighted by atomic mass is 35.5. The molecular formula is C61H83ClN8O16. The molecule has 0 aromatic heterocycles. The SMILES string of the molecule is COc1ccc(C[C@H]2NC(=O)/C=C/C[C@@H]([C@H](C)[C@H](O)Cc3ccc(CNC(=O)OCc4ccc(NC(=O)[C@H](CCCNC(N)=O)NC(=O)C(NC(=O)CCCC(=O)O)C(C)C)cc4)cc3)OC(=O)[C@H](CC(C)C)OC(=O)C(C)(C)CNC2=O)cc1Cl. The number of ether oxygens (including phenoxy) is 4. The predicted octanol–water partition coefficient (Wildman–Crippen LogP) is 5.28. The van der Waals surface area contributed by atoms with Gasteiger partial charge in [0.1, 0.15) is 36.6 Å². The first-order chi connectivity index (χ1) is 40.6. The number of benzene rings is 3. The number of alkyl carbamates (subject to hydrolysis) is 1. The zero-order valence-corrected chi connectivity index (χ0v) is 50.7. The molecule has 3 aromatic rings. The van der Waals surface area contributed by atoms with Crippen molar-refractivity contribution >= 4 is 76.9 Å². The number of anilines is 1. The average Bonchev–Trinajstić information content (AvgIpc) is 3.06. The van der Waals surface area contributed by atoms with Crippen LogP contribution in [-0.2, 0) is 78.6 Å². The Morgan fingerprint density at radius 1 is 0.837 bits per heavy atom. The molecule has 0 bridgehead atoms. The summed E-state index contributed by atoms with van der Waals surface area (Å²) in [6.07, 6.45) is -1.04.